The maximum Gasteiger partial charge on any atom is 0.166 e. The number of phenolic OH excluding ortho intramolecular Hbond substituents is 1. The molecule has 2 aromatic rings. The lowest BCUT2D eigenvalue weighted by atomic mass is 9.98. The predicted octanol–water partition coefficient (Wildman–Crippen LogP) is 1.47. The van der Waals surface area contributed by atoms with Crippen LogP contribution in [0, 0.1) is 0 Å². The Morgan fingerprint density at radius 1 is 1.12 bits per heavy atom. The van der Waals surface area contributed by atoms with Crippen LogP contribution in [0.4, 0.5) is 0 Å². The summed E-state index contributed by atoms with van der Waals surface area (Å²) in [6, 6.07) is 10.1. The zero-order chi connectivity index (χ0) is 18.5. The van der Waals surface area contributed by atoms with Crippen molar-refractivity contribution in [1.29, 1.82) is 0 Å². The van der Waals surface area contributed by atoms with Crippen LogP contribution in [0.15, 0.2) is 36.4 Å². The van der Waals surface area contributed by atoms with Crippen molar-refractivity contribution >= 4 is 5.78 Å². The highest BCUT2D eigenvalue weighted by Crippen LogP contribution is 2.29. The molecule has 1 aliphatic rings. The van der Waals surface area contributed by atoms with Gasteiger partial charge in [-0.15, -0.1) is 0 Å². The van der Waals surface area contributed by atoms with E-state index in [-0.39, 0.29) is 29.3 Å². The van der Waals surface area contributed by atoms with Gasteiger partial charge in [0.25, 0.3) is 0 Å². The fourth-order valence-corrected chi connectivity index (χ4v) is 3.51. The van der Waals surface area contributed by atoms with Gasteiger partial charge in [0, 0.05) is 17.5 Å². The van der Waals surface area contributed by atoms with Gasteiger partial charge in [0.15, 0.2) is 5.78 Å². The first kappa shape index (κ1) is 18.3. The lowest BCUT2D eigenvalue weighted by molar-refractivity contribution is -0.918. The van der Waals surface area contributed by atoms with Gasteiger partial charge in [-0.3, -0.25) is 4.79 Å². The van der Waals surface area contributed by atoms with Crippen molar-refractivity contribution in [2.24, 2.45) is 0 Å². The molecule has 5 nitrogen and oxygen atoms in total. The molecule has 2 aromatic carbocycles. The molecule has 0 amide bonds. The summed E-state index contributed by atoms with van der Waals surface area (Å²) in [6.07, 6.45) is 3.65. The van der Waals surface area contributed by atoms with Crippen LogP contribution < -0.4 is 14.7 Å². The Kier molecular flexibility index (Phi) is 5.78. The molecular weight excluding hydrogens is 330 g/mol. The number of methoxy groups -OCH3 is 1. The summed E-state index contributed by atoms with van der Waals surface area (Å²) >= 11 is 0. The Labute approximate surface area is 153 Å². The van der Waals surface area contributed by atoms with Gasteiger partial charge < -0.3 is 19.8 Å². The number of quaternary nitrogens is 1. The van der Waals surface area contributed by atoms with E-state index in [1.165, 1.54) is 23.5 Å². The molecule has 0 spiro atoms. The molecule has 0 bridgehead atoms. The van der Waals surface area contributed by atoms with E-state index >= 15 is 0 Å². The molecular formula is C21H25NO4. The number of phenols is 1. The second kappa shape index (κ2) is 8.23. The summed E-state index contributed by atoms with van der Waals surface area (Å²) in [5.41, 5.74) is 1.35. The van der Waals surface area contributed by atoms with Crippen molar-refractivity contribution < 1.29 is 24.6 Å². The number of carbonyl (C=O) groups is 1. The SMILES string of the molecule is COc1ccc(CC(=O)c2ccc(O)c(C[NH+]3CCCCC3)c2[O-])cc1. The number of Topliss-reactive ketones (excluding diaryl/α,β-unsaturated/α-hetero) is 1. The number of hydrogen-bond acceptors (Lipinski definition) is 4. The first-order valence-electron chi connectivity index (χ1n) is 9.10. The fraction of sp³-hybridized carbons (Fsp3) is 0.381. The quantitative estimate of drug-likeness (QED) is 0.770. The van der Waals surface area contributed by atoms with E-state index in [1.807, 2.05) is 12.1 Å². The number of ketones is 1. The molecule has 1 saturated heterocycles. The number of hydrogen-bond donors (Lipinski definition) is 2. The van der Waals surface area contributed by atoms with Gasteiger partial charge in [0.2, 0.25) is 0 Å². The minimum Gasteiger partial charge on any atom is -0.872 e. The fourth-order valence-electron chi connectivity index (χ4n) is 3.51. The minimum absolute atomic E-state index is 0.00549. The van der Waals surface area contributed by atoms with E-state index in [1.54, 1.807) is 19.2 Å². The van der Waals surface area contributed by atoms with Crippen molar-refractivity contribution in [1.82, 2.24) is 0 Å². The minimum atomic E-state index is -0.332. The van der Waals surface area contributed by atoms with E-state index < -0.39 is 0 Å². The highest BCUT2D eigenvalue weighted by atomic mass is 16.5. The van der Waals surface area contributed by atoms with Crippen LogP contribution >= 0.6 is 0 Å². The number of carbonyl (C=O) groups excluding carboxylic acids is 1. The molecule has 3 rings (SSSR count). The summed E-state index contributed by atoms with van der Waals surface area (Å²) in [5.74, 6) is 0.160. The molecule has 26 heavy (non-hydrogen) atoms. The van der Waals surface area contributed by atoms with Crippen LogP contribution in [0.5, 0.6) is 17.2 Å². The Morgan fingerprint density at radius 2 is 1.81 bits per heavy atom. The van der Waals surface area contributed by atoms with Crippen LogP contribution in [-0.4, -0.2) is 31.1 Å². The second-order valence-electron chi connectivity index (χ2n) is 6.88. The molecule has 138 valence electrons. The summed E-state index contributed by atoms with van der Waals surface area (Å²) in [7, 11) is 1.59. The topological polar surface area (TPSA) is 74.0 Å². The monoisotopic (exact) mass is 355 g/mol. The molecule has 5 heteroatoms. The van der Waals surface area contributed by atoms with Gasteiger partial charge in [0.1, 0.15) is 18.0 Å². The van der Waals surface area contributed by atoms with E-state index in [0.717, 1.165) is 37.2 Å². The van der Waals surface area contributed by atoms with Crippen molar-refractivity contribution in [2.45, 2.75) is 32.2 Å². The molecule has 2 N–H and O–H groups in total. The Balaban J connectivity index is 1.77. The summed E-state index contributed by atoms with van der Waals surface area (Å²) in [4.78, 5) is 13.9. The normalized spacial score (nSPS) is 15.0. The average Bonchev–Trinajstić information content (AvgIpc) is 2.66. The predicted molar refractivity (Wildman–Crippen MR) is 96.8 cm³/mol. The molecule has 1 aliphatic heterocycles. The highest BCUT2D eigenvalue weighted by molar-refractivity contribution is 6.00. The first-order chi connectivity index (χ1) is 12.6. The molecule has 1 fully saturated rings. The third-order valence-electron chi connectivity index (χ3n) is 5.05. The maximum atomic E-state index is 12.8. The number of rotatable bonds is 6. The molecule has 0 atom stereocenters. The summed E-state index contributed by atoms with van der Waals surface area (Å²) < 4.78 is 5.11. The third kappa shape index (κ3) is 4.17. The molecule has 0 aromatic heterocycles. The zero-order valence-electron chi connectivity index (χ0n) is 15.1. The largest absolute Gasteiger partial charge is 0.872 e. The molecule has 0 aliphatic carbocycles. The van der Waals surface area contributed by atoms with Crippen molar-refractivity contribution in [2.75, 3.05) is 20.2 Å². The van der Waals surface area contributed by atoms with Crippen LogP contribution in [0.3, 0.4) is 0 Å². The van der Waals surface area contributed by atoms with Gasteiger partial charge in [0.05, 0.1) is 20.2 Å². The van der Waals surface area contributed by atoms with E-state index in [9.17, 15) is 15.0 Å². The lowest BCUT2D eigenvalue weighted by Crippen LogP contribution is -3.11. The number of likely N-dealkylation sites (tertiary alicyclic amines) is 1. The van der Waals surface area contributed by atoms with Crippen LogP contribution in [0.2, 0.25) is 0 Å². The Hall–Kier alpha value is -2.53. The highest BCUT2D eigenvalue weighted by Gasteiger charge is 2.19. The van der Waals surface area contributed by atoms with Crippen molar-refractivity contribution in [3.63, 3.8) is 0 Å². The van der Waals surface area contributed by atoms with Gasteiger partial charge in [-0.25, -0.2) is 0 Å². The number of aromatic hydroxyl groups is 1. The Morgan fingerprint density at radius 3 is 2.46 bits per heavy atom. The molecule has 1 heterocycles. The van der Waals surface area contributed by atoms with Crippen molar-refractivity contribution in [3.8, 4) is 17.2 Å². The number of piperidine rings is 1. The van der Waals surface area contributed by atoms with Gasteiger partial charge >= 0.3 is 0 Å². The van der Waals surface area contributed by atoms with Crippen LogP contribution in [-0.2, 0) is 13.0 Å². The number of nitrogens with one attached hydrogen (secondary N) is 1. The van der Waals surface area contributed by atoms with Gasteiger partial charge in [-0.05, 0) is 49.1 Å². The zero-order valence-corrected chi connectivity index (χ0v) is 15.1. The van der Waals surface area contributed by atoms with E-state index in [2.05, 4.69) is 0 Å². The second-order valence-corrected chi connectivity index (χ2v) is 6.88. The van der Waals surface area contributed by atoms with Crippen molar-refractivity contribution in [3.05, 3.63) is 53.1 Å². The van der Waals surface area contributed by atoms with E-state index in [4.69, 9.17) is 4.74 Å². The standard InChI is InChI=1S/C21H25NO4/c1-26-16-7-5-15(6-8-16)13-20(24)17-9-10-19(23)18(21(17)25)14-22-11-3-2-4-12-22/h5-10,23,25H,2-4,11-14H2,1H3. The van der Waals surface area contributed by atoms with Gasteiger partial charge in [-0.1, -0.05) is 17.9 Å². The molecule has 0 radical (unpaired) electrons. The molecule has 0 saturated carbocycles. The number of ether oxygens (including phenoxy) is 1. The number of benzene rings is 2. The summed E-state index contributed by atoms with van der Waals surface area (Å²) in [6.45, 7) is 2.49. The third-order valence-corrected chi connectivity index (χ3v) is 5.05. The van der Waals surface area contributed by atoms with Crippen LogP contribution in [0.25, 0.3) is 0 Å². The maximum absolute atomic E-state index is 12.8. The lowest BCUT2D eigenvalue weighted by Gasteiger charge is -2.27. The smallest absolute Gasteiger partial charge is 0.166 e. The first-order valence-corrected chi connectivity index (χ1v) is 9.10. The average molecular weight is 355 g/mol. The Bertz CT molecular complexity index is 764. The van der Waals surface area contributed by atoms with Gasteiger partial charge in [-0.2, -0.15) is 0 Å². The summed E-state index contributed by atoms with van der Waals surface area (Å²) in [5, 5.41) is 22.9. The van der Waals surface area contributed by atoms with E-state index in [0.29, 0.717) is 12.1 Å². The van der Waals surface area contributed by atoms with Crippen LogP contribution in [0.1, 0.15) is 40.7 Å². The molecule has 0 unspecified atom stereocenters.